The van der Waals surface area contributed by atoms with Gasteiger partial charge in [-0.2, -0.15) is 0 Å². The van der Waals surface area contributed by atoms with Crippen LogP contribution in [0, 0.1) is 0 Å². The van der Waals surface area contributed by atoms with Crippen LogP contribution in [0.2, 0.25) is 0 Å². The monoisotopic (exact) mass is 741 g/mol. The molecule has 58 heavy (non-hydrogen) atoms. The summed E-state index contributed by atoms with van der Waals surface area (Å²) >= 11 is 0. The number of aromatic nitrogens is 3. The van der Waals surface area contributed by atoms with Gasteiger partial charge in [-0.1, -0.05) is 146 Å². The summed E-state index contributed by atoms with van der Waals surface area (Å²) in [4.78, 5) is 15.6. The largest absolute Gasteiger partial charge is 0.456 e. The van der Waals surface area contributed by atoms with Gasteiger partial charge in [0.25, 0.3) is 0 Å². The van der Waals surface area contributed by atoms with Crippen molar-refractivity contribution in [1.82, 2.24) is 15.0 Å². The van der Waals surface area contributed by atoms with Crippen molar-refractivity contribution < 1.29 is 8.83 Å². The van der Waals surface area contributed by atoms with Crippen LogP contribution in [0.5, 0.6) is 0 Å². The molecular weight excluding hydrogens is 711 g/mol. The van der Waals surface area contributed by atoms with Gasteiger partial charge in [0.15, 0.2) is 17.5 Å². The van der Waals surface area contributed by atoms with Gasteiger partial charge in [0.05, 0.1) is 0 Å². The number of nitrogens with zero attached hydrogens (tertiary/aromatic N) is 3. The predicted molar refractivity (Wildman–Crippen MR) is 237 cm³/mol. The van der Waals surface area contributed by atoms with Crippen LogP contribution in [0.4, 0.5) is 0 Å². The molecule has 0 spiro atoms. The van der Waals surface area contributed by atoms with Gasteiger partial charge in [-0.05, 0) is 86.3 Å². The van der Waals surface area contributed by atoms with Crippen LogP contribution >= 0.6 is 0 Å². The highest BCUT2D eigenvalue weighted by Gasteiger charge is 2.18. The Morgan fingerprint density at radius 2 is 0.828 bits per heavy atom. The quantitative estimate of drug-likeness (QED) is 0.176. The van der Waals surface area contributed by atoms with Crippen LogP contribution in [0.15, 0.2) is 197 Å². The van der Waals surface area contributed by atoms with Crippen LogP contribution in [-0.2, 0) is 0 Å². The van der Waals surface area contributed by atoms with E-state index in [2.05, 4.69) is 152 Å². The third-order valence-corrected chi connectivity index (χ3v) is 11.3. The molecule has 0 unspecified atom stereocenters. The maximum atomic E-state index is 6.27. The zero-order valence-electron chi connectivity index (χ0n) is 31.1. The zero-order chi connectivity index (χ0) is 38.2. The van der Waals surface area contributed by atoms with E-state index in [1.807, 2.05) is 36.4 Å². The van der Waals surface area contributed by atoms with Crippen molar-refractivity contribution in [3.8, 4) is 56.4 Å². The molecule has 0 atom stereocenters. The molecule has 0 saturated heterocycles. The van der Waals surface area contributed by atoms with Gasteiger partial charge >= 0.3 is 0 Å². The molecular formula is C53H31N3O2. The number of hydrogen-bond acceptors (Lipinski definition) is 5. The Balaban J connectivity index is 1.04. The summed E-state index contributed by atoms with van der Waals surface area (Å²) in [7, 11) is 0. The molecule has 0 aliphatic rings. The van der Waals surface area contributed by atoms with Gasteiger partial charge in [0, 0.05) is 38.2 Å². The van der Waals surface area contributed by atoms with Gasteiger partial charge in [-0.25, -0.2) is 15.0 Å². The van der Waals surface area contributed by atoms with Crippen molar-refractivity contribution in [3.63, 3.8) is 0 Å². The van der Waals surface area contributed by atoms with Crippen LogP contribution < -0.4 is 0 Å². The lowest BCUT2D eigenvalue weighted by Gasteiger charge is -2.12. The molecule has 0 N–H and O–H groups in total. The van der Waals surface area contributed by atoms with Gasteiger partial charge < -0.3 is 8.83 Å². The van der Waals surface area contributed by atoms with Gasteiger partial charge in [-0.15, -0.1) is 0 Å². The molecule has 0 aliphatic heterocycles. The summed E-state index contributed by atoms with van der Waals surface area (Å²) in [5.74, 6) is 1.81. The minimum Gasteiger partial charge on any atom is -0.456 e. The maximum absolute atomic E-state index is 6.27. The number of fused-ring (bicyclic) bond motifs is 9. The number of rotatable bonds is 5. The molecule has 0 aliphatic carbocycles. The third kappa shape index (κ3) is 5.21. The first-order valence-corrected chi connectivity index (χ1v) is 19.4. The smallest absolute Gasteiger partial charge is 0.164 e. The fourth-order valence-corrected chi connectivity index (χ4v) is 8.57. The second kappa shape index (κ2) is 12.8. The van der Waals surface area contributed by atoms with Gasteiger partial charge in [0.1, 0.15) is 22.3 Å². The highest BCUT2D eigenvalue weighted by Crippen LogP contribution is 2.41. The minimum atomic E-state index is 0.601. The van der Waals surface area contributed by atoms with Crippen LogP contribution in [0.3, 0.4) is 0 Å². The molecule has 3 aromatic heterocycles. The van der Waals surface area contributed by atoms with E-state index >= 15 is 0 Å². The molecule has 0 fully saturated rings. The molecule has 0 saturated carbocycles. The van der Waals surface area contributed by atoms with Crippen molar-refractivity contribution >= 4 is 65.4 Å². The Kier molecular flexibility index (Phi) is 7.16. The SMILES string of the molecule is c1ccc(-c2cccc(-c3nc(-c4ccc5c(-c6cccc7oc8ccccc8c67)cccc5c4)nc(-c4ccc5ccc6oc7ccccc7c6c5c4)n3)c2)cc1. The summed E-state index contributed by atoms with van der Waals surface area (Å²) in [6, 6.07) is 65.2. The molecule has 0 amide bonds. The summed E-state index contributed by atoms with van der Waals surface area (Å²) in [5, 5.41) is 8.85. The standard InChI is InChI=1S/C53H31N3O2/c1-2-11-32(12-3-1)34-13-8-15-36(29-34)51-54-52(56-53(55-51)38-24-23-33-26-28-48-50(44(33)31-38)43-17-5-7-21-46(43)58-48)37-25-27-39-35(30-37)14-9-18-40(39)41-19-10-22-47-49(41)42-16-4-6-20-45(42)57-47/h1-31H. The van der Waals surface area contributed by atoms with E-state index in [4.69, 9.17) is 23.8 Å². The van der Waals surface area contributed by atoms with Crippen LogP contribution in [-0.4, -0.2) is 15.0 Å². The third-order valence-electron chi connectivity index (χ3n) is 11.3. The fraction of sp³-hybridized carbons (Fsp3) is 0. The van der Waals surface area contributed by atoms with Gasteiger partial charge in [-0.3, -0.25) is 0 Å². The first-order chi connectivity index (χ1) is 28.7. The fourth-order valence-electron chi connectivity index (χ4n) is 8.57. The summed E-state index contributed by atoms with van der Waals surface area (Å²) in [6.45, 7) is 0. The second-order valence-corrected chi connectivity index (χ2v) is 14.7. The normalized spacial score (nSPS) is 11.8. The van der Waals surface area contributed by atoms with Crippen LogP contribution in [0.1, 0.15) is 0 Å². The maximum Gasteiger partial charge on any atom is 0.164 e. The van der Waals surface area contributed by atoms with Crippen LogP contribution in [0.25, 0.3) is 122 Å². The second-order valence-electron chi connectivity index (χ2n) is 14.7. The molecule has 0 bridgehead atoms. The molecule has 12 aromatic rings. The number of furan rings is 2. The summed E-state index contributed by atoms with van der Waals surface area (Å²) in [5.41, 5.74) is 10.7. The number of hydrogen-bond donors (Lipinski definition) is 0. The van der Waals surface area contributed by atoms with Crippen molar-refractivity contribution in [2.45, 2.75) is 0 Å². The highest BCUT2D eigenvalue weighted by molar-refractivity contribution is 6.19. The molecule has 3 heterocycles. The topological polar surface area (TPSA) is 65.0 Å². The van der Waals surface area contributed by atoms with E-state index in [1.54, 1.807) is 0 Å². The zero-order valence-corrected chi connectivity index (χ0v) is 31.1. The number of benzene rings is 9. The molecule has 5 nitrogen and oxygen atoms in total. The lowest BCUT2D eigenvalue weighted by molar-refractivity contribution is 0.668. The first-order valence-electron chi connectivity index (χ1n) is 19.4. The van der Waals surface area contributed by atoms with E-state index in [-0.39, 0.29) is 0 Å². The average Bonchev–Trinajstić information content (AvgIpc) is 3.88. The van der Waals surface area contributed by atoms with E-state index in [0.29, 0.717) is 17.5 Å². The van der Waals surface area contributed by atoms with Crippen molar-refractivity contribution in [2.24, 2.45) is 0 Å². The van der Waals surface area contributed by atoms with Crippen molar-refractivity contribution in [3.05, 3.63) is 188 Å². The Morgan fingerprint density at radius 1 is 0.276 bits per heavy atom. The number of para-hydroxylation sites is 2. The van der Waals surface area contributed by atoms with E-state index in [0.717, 1.165) is 104 Å². The minimum absolute atomic E-state index is 0.601. The Labute approximate surface area is 332 Å². The summed E-state index contributed by atoms with van der Waals surface area (Å²) in [6.07, 6.45) is 0. The molecule has 9 aromatic carbocycles. The Hall–Kier alpha value is -7.89. The first kappa shape index (κ1) is 32.4. The predicted octanol–water partition coefficient (Wildman–Crippen LogP) is 14.3. The van der Waals surface area contributed by atoms with Crippen molar-refractivity contribution in [2.75, 3.05) is 0 Å². The van der Waals surface area contributed by atoms with Gasteiger partial charge in [0.2, 0.25) is 0 Å². The summed E-state index contributed by atoms with van der Waals surface area (Å²) < 4.78 is 12.5. The molecule has 270 valence electrons. The Morgan fingerprint density at radius 3 is 1.62 bits per heavy atom. The lowest BCUT2D eigenvalue weighted by atomic mass is 9.94. The Bertz CT molecular complexity index is 3580. The van der Waals surface area contributed by atoms with E-state index in [1.165, 1.54) is 0 Å². The highest BCUT2D eigenvalue weighted by atomic mass is 16.3. The molecule has 12 rings (SSSR count). The van der Waals surface area contributed by atoms with Crippen molar-refractivity contribution in [1.29, 1.82) is 0 Å². The van der Waals surface area contributed by atoms with E-state index in [9.17, 15) is 0 Å². The lowest BCUT2D eigenvalue weighted by Crippen LogP contribution is -2.00. The van der Waals surface area contributed by atoms with E-state index < -0.39 is 0 Å². The molecule has 0 radical (unpaired) electrons. The average molecular weight is 742 g/mol. The molecule has 5 heteroatoms.